The lowest BCUT2D eigenvalue weighted by atomic mass is 10.2. The highest BCUT2D eigenvalue weighted by atomic mass is 16.6. The van der Waals surface area contributed by atoms with Gasteiger partial charge in [0.15, 0.2) is 0 Å². The smallest absolute Gasteiger partial charge is 0.220 e. The molecule has 0 aromatic carbocycles. The van der Waals surface area contributed by atoms with Gasteiger partial charge in [-0.1, -0.05) is 0 Å². The molecule has 1 fully saturated rings. The minimum absolute atomic E-state index is 0.0981. The monoisotopic (exact) mass is 181 g/mol. The van der Waals surface area contributed by atoms with Crippen LogP contribution in [0.15, 0.2) is 12.3 Å². The van der Waals surface area contributed by atoms with Crippen molar-refractivity contribution in [3.05, 3.63) is 18.0 Å². The Morgan fingerprint density at radius 2 is 2.38 bits per heavy atom. The van der Waals surface area contributed by atoms with Crippen LogP contribution in [0.1, 0.15) is 11.8 Å². The molecule has 2 heterocycles. The van der Waals surface area contributed by atoms with Gasteiger partial charge in [-0.25, -0.2) is 9.97 Å². The molecule has 1 unspecified atom stereocenters. The van der Waals surface area contributed by atoms with Crippen LogP contribution in [0.5, 0.6) is 0 Å². The van der Waals surface area contributed by atoms with E-state index in [0.29, 0.717) is 19.8 Å². The van der Waals surface area contributed by atoms with Crippen LogP contribution in [0.25, 0.3) is 0 Å². The Bertz CT molecular complexity index is 286. The molecule has 0 amide bonds. The second kappa shape index (κ2) is 3.68. The van der Waals surface area contributed by atoms with Crippen LogP contribution >= 0.6 is 0 Å². The molecule has 5 nitrogen and oxygen atoms in total. The molecule has 2 N–H and O–H groups in total. The Balaban J connectivity index is 2.14. The fourth-order valence-corrected chi connectivity index (χ4v) is 1.23. The van der Waals surface area contributed by atoms with Gasteiger partial charge in [0.1, 0.15) is 6.10 Å². The van der Waals surface area contributed by atoms with Crippen molar-refractivity contribution >= 4 is 5.95 Å². The highest BCUT2D eigenvalue weighted by molar-refractivity contribution is 5.18. The molecule has 5 heteroatoms. The standard InChI is InChI=1S/C8H11N3O2/c9-8-10-2-1-6(11-8)7-5-12-3-4-13-7/h1-2,7H,3-5H2,(H2,9,10,11). The van der Waals surface area contributed by atoms with Crippen LogP contribution in [0.2, 0.25) is 0 Å². The van der Waals surface area contributed by atoms with E-state index in [4.69, 9.17) is 15.2 Å². The fraction of sp³-hybridized carbons (Fsp3) is 0.500. The third kappa shape index (κ3) is 1.93. The third-order valence-corrected chi connectivity index (χ3v) is 1.84. The van der Waals surface area contributed by atoms with E-state index in [-0.39, 0.29) is 12.1 Å². The van der Waals surface area contributed by atoms with Crippen LogP contribution in [0.3, 0.4) is 0 Å². The normalized spacial score (nSPS) is 22.9. The Kier molecular flexibility index (Phi) is 2.37. The van der Waals surface area contributed by atoms with Crippen molar-refractivity contribution in [1.29, 1.82) is 0 Å². The molecule has 0 aliphatic carbocycles. The van der Waals surface area contributed by atoms with E-state index in [1.807, 2.05) is 0 Å². The summed E-state index contributed by atoms with van der Waals surface area (Å²) in [5, 5.41) is 0. The number of rotatable bonds is 1. The van der Waals surface area contributed by atoms with Gasteiger partial charge >= 0.3 is 0 Å². The third-order valence-electron chi connectivity index (χ3n) is 1.84. The van der Waals surface area contributed by atoms with Crippen LogP contribution in [-0.2, 0) is 9.47 Å². The van der Waals surface area contributed by atoms with Gasteiger partial charge in [-0.15, -0.1) is 0 Å². The summed E-state index contributed by atoms with van der Waals surface area (Å²) < 4.78 is 10.7. The maximum Gasteiger partial charge on any atom is 0.220 e. The summed E-state index contributed by atoms with van der Waals surface area (Å²) in [5.41, 5.74) is 6.23. The first-order valence-electron chi connectivity index (χ1n) is 4.14. The van der Waals surface area contributed by atoms with Crippen LogP contribution in [-0.4, -0.2) is 29.8 Å². The molecule has 70 valence electrons. The first-order chi connectivity index (χ1) is 6.36. The van der Waals surface area contributed by atoms with Gasteiger partial charge in [0.25, 0.3) is 0 Å². The fourth-order valence-electron chi connectivity index (χ4n) is 1.23. The summed E-state index contributed by atoms with van der Waals surface area (Å²) in [5.74, 6) is 0.270. The maximum atomic E-state index is 5.45. The van der Waals surface area contributed by atoms with Crippen molar-refractivity contribution in [2.75, 3.05) is 25.6 Å². The quantitative estimate of drug-likeness (QED) is 0.667. The number of hydrogen-bond acceptors (Lipinski definition) is 5. The Morgan fingerprint density at radius 3 is 3.08 bits per heavy atom. The van der Waals surface area contributed by atoms with Crippen LogP contribution in [0, 0.1) is 0 Å². The number of nitrogen functional groups attached to an aromatic ring is 1. The number of aromatic nitrogens is 2. The predicted molar refractivity (Wildman–Crippen MR) is 46.0 cm³/mol. The zero-order valence-electron chi connectivity index (χ0n) is 7.14. The number of nitrogens with two attached hydrogens (primary N) is 1. The zero-order chi connectivity index (χ0) is 9.10. The average Bonchev–Trinajstić information content (AvgIpc) is 2.19. The first-order valence-corrected chi connectivity index (χ1v) is 4.14. The van der Waals surface area contributed by atoms with Crippen molar-refractivity contribution < 1.29 is 9.47 Å². The molecule has 13 heavy (non-hydrogen) atoms. The molecular formula is C8H11N3O2. The summed E-state index contributed by atoms with van der Waals surface area (Å²) in [4.78, 5) is 7.86. The molecule has 1 saturated heterocycles. The number of ether oxygens (including phenoxy) is 2. The van der Waals surface area contributed by atoms with E-state index in [9.17, 15) is 0 Å². The highest BCUT2D eigenvalue weighted by Crippen LogP contribution is 2.18. The molecule has 1 aliphatic heterocycles. The zero-order valence-corrected chi connectivity index (χ0v) is 7.14. The summed E-state index contributed by atoms with van der Waals surface area (Å²) in [6, 6.07) is 1.79. The number of hydrogen-bond donors (Lipinski definition) is 1. The second-order valence-electron chi connectivity index (χ2n) is 2.77. The number of nitrogens with zero attached hydrogens (tertiary/aromatic N) is 2. The topological polar surface area (TPSA) is 70.3 Å². The summed E-state index contributed by atoms with van der Waals surface area (Å²) in [6.45, 7) is 1.79. The van der Waals surface area contributed by atoms with Gasteiger partial charge in [-0.3, -0.25) is 0 Å². The molecule has 1 aliphatic rings. The van der Waals surface area contributed by atoms with Crippen molar-refractivity contribution in [2.45, 2.75) is 6.10 Å². The summed E-state index contributed by atoms with van der Waals surface area (Å²) in [7, 11) is 0. The summed E-state index contributed by atoms with van der Waals surface area (Å²) >= 11 is 0. The second-order valence-corrected chi connectivity index (χ2v) is 2.77. The molecule has 1 aromatic rings. The Hall–Kier alpha value is -1.20. The van der Waals surface area contributed by atoms with E-state index < -0.39 is 0 Å². The lowest BCUT2D eigenvalue weighted by Crippen LogP contribution is -2.23. The summed E-state index contributed by atoms with van der Waals surface area (Å²) in [6.07, 6.45) is 1.52. The first kappa shape index (κ1) is 8.40. The van der Waals surface area contributed by atoms with E-state index in [2.05, 4.69) is 9.97 Å². The maximum absolute atomic E-state index is 5.45. The average molecular weight is 181 g/mol. The molecule has 0 spiro atoms. The van der Waals surface area contributed by atoms with Gasteiger partial charge in [0.2, 0.25) is 5.95 Å². The van der Waals surface area contributed by atoms with Gasteiger partial charge in [0, 0.05) is 6.20 Å². The highest BCUT2D eigenvalue weighted by Gasteiger charge is 2.17. The number of anilines is 1. The molecule has 0 bridgehead atoms. The van der Waals surface area contributed by atoms with Crippen molar-refractivity contribution in [3.8, 4) is 0 Å². The largest absolute Gasteiger partial charge is 0.376 e. The predicted octanol–water partition coefficient (Wildman–Crippen LogP) is 0.147. The molecule has 1 atom stereocenters. The molecular weight excluding hydrogens is 170 g/mol. The molecule has 0 radical (unpaired) electrons. The van der Waals surface area contributed by atoms with E-state index in [1.165, 1.54) is 0 Å². The molecule has 0 saturated carbocycles. The van der Waals surface area contributed by atoms with Crippen LogP contribution in [0.4, 0.5) is 5.95 Å². The SMILES string of the molecule is Nc1nccc(C2COCCO2)n1. The molecule has 1 aromatic heterocycles. The van der Waals surface area contributed by atoms with E-state index in [1.54, 1.807) is 12.3 Å². The van der Waals surface area contributed by atoms with Crippen molar-refractivity contribution in [2.24, 2.45) is 0 Å². The van der Waals surface area contributed by atoms with Crippen molar-refractivity contribution in [3.63, 3.8) is 0 Å². The van der Waals surface area contributed by atoms with E-state index in [0.717, 1.165) is 5.69 Å². The van der Waals surface area contributed by atoms with E-state index >= 15 is 0 Å². The van der Waals surface area contributed by atoms with Crippen molar-refractivity contribution in [1.82, 2.24) is 9.97 Å². The minimum Gasteiger partial charge on any atom is -0.376 e. The van der Waals surface area contributed by atoms with Gasteiger partial charge in [0.05, 0.1) is 25.5 Å². The lowest BCUT2D eigenvalue weighted by molar-refractivity contribution is -0.0917. The molecule has 2 rings (SSSR count). The Morgan fingerprint density at radius 1 is 1.46 bits per heavy atom. The minimum atomic E-state index is -0.0981. The Labute approximate surface area is 75.9 Å². The van der Waals surface area contributed by atoms with Gasteiger partial charge in [-0.2, -0.15) is 0 Å². The van der Waals surface area contributed by atoms with Gasteiger partial charge in [-0.05, 0) is 6.07 Å². The van der Waals surface area contributed by atoms with Crippen LogP contribution < -0.4 is 5.73 Å². The van der Waals surface area contributed by atoms with Gasteiger partial charge < -0.3 is 15.2 Å². The lowest BCUT2D eigenvalue weighted by Gasteiger charge is -2.22.